The lowest BCUT2D eigenvalue weighted by molar-refractivity contribution is 0.0967. The van der Waals surface area contributed by atoms with Crippen molar-refractivity contribution in [2.45, 2.75) is 26.1 Å². The van der Waals surface area contributed by atoms with Gasteiger partial charge in [0.05, 0.1) is 17.9 Å². The van der Waals surface area contributed by atoms with Gasteiger partial charge in [0.2, 0.25) is 0 Å². The minimum atomic E-state index is -0.359. The van der Waals surface area contributed by atoms with Gasteiger partial charge >= 0.3 is 0 Å². The van der Waals surface area contributed by atoms with Gasteiger partial charge in [-0.1, -0.05) is 30.3 Å². The minimum Gasteiger partial charge on any atom is -0.382 e. The smallest absolute Gasteiger partial charge is 0.262 e. The number of nitrogens with one attached hydrogen (secondary N) is 1. The Balaban J connectivity index is 1.66. The second kappa shape index (κ2) is 6.84. The highest BCUT2D eigenvalue weighted by atomic mass is 16.2. The Morgan fingerprint density at radius 1 is 1.07 bits per heavy atom. The third-order valence-corrected chi connectivity index (χ3v) is 5.60. The highest BCUT2D eigenvalue weighted by molar-refractivity contribution is 6.13. The van der Waals surface area contributed by atoms with Gasteiger partial charge in [-0.2, -0.15) is 0 Å². The first-order valence-corrected chi connectivity index (χ1v) is 9.74. The Morgan fingerprint density at radius 2 is 1.87 bits per heavy atom. The number of amides is 1. The van der Waals surface area contributed by atoms with E-state index in [-0.39, 0.29) is 18.1 Å². The number of rotatable bonds is 3. The Hall–Kier alpha value is -3.94. The number of para-hydroxylation sites is 1. The molecule has 1 aliphatic heterocycles. The number of nitrogens with zero attached hydrogens (tertiary/aromatic N) is 5. The molecule has 0 bridgehead atoms. The van der Waals surface area contributed by atoms with Crippen molar-refractivity contribution in [2.75, 3.05) is 16.0 Å². The molecule has 0 saturated heterocycles. The molecule has 0 saturated carbocycles. The van der Waals surface area contributed by atoms with Crippen molar-refractivity contribution in [3.63, 3.8) is 0 Å². The monoisotopic (exact) mass is 399 g/mol. The first-order chi connectivity index (χ1) is 14.6. The molecule has 0 spiro atoms. The molecule has 3 N–H and O–H groups in total. The van der Waals surface area contributed by atoms with Gasteiger partial charge in [0, 0.05) is 11.4 Å². The van der Waals surface area contributed by atoms with Crippen LogP contribution in [0, 0.1) is 6.92 Å². The van der Waals surface area contributed by atoms with Crippen molar-refractivity contribution in [2.24, 2.45) is 0 Å². The summed E-state index contributed by atoms with van der Waals surface area (Å²) >= 11 is 0. The third-order valence-electron chi connectivity index (χ3n) is 5.60. The van der Waals surface area contributed by atoms with Crippen molar-refractivity contribution in [1.29, 1.82) is 0 Å². The van der Waals surface area contributed by atoms with E-state index in [1.54, 1.807) is 11.2 Å². The lowest BCUT2D eigenvalue weighted by atomic mass is 9.99. The van der Waals surface area contributed by atoms with Crippen LogP contribution in [0.5, 0.6) is 0 Å². The molecular formula is C22H21N7O. The quantitative estimate of drug-likeness (QED) is 0.548. The summed E-state index contributed by atoms with van der Waals surface area (Å²) < 4.78 is 1.93. The van der Waals surface area contributed by atoms with Gasteiger partial charge in [-0.05, 0) is 37.6 Å². The van der Waals surface area contributed by atoms with Crippen LogP contribution in [0.2, 0.25) is 0 Å². The molecule has 2 unspecified atom stereocenters. The van der Waals surface area contributed by atoms with Crippen LogP contribution in [0.3, 0.4) is 0 Å². The summed E-state index contributed by atoms with van der Waals surface area (Å²) in [6.45, 7) is 3.98. The molecule has 2 aromatic carbocycles. The third kappa shape index (κ3) is 2.68. The van der Waals surface area contributed by atoms with E-state index in [2.05, 4.69) is 20.3 Å². The zero-order valence-electron chi connectivity index (χ0n) is 16.6. The van der Waals surface area contributed by atoms with Crippen molar-refractivity contribution in [3.05, 3.63) is 72.3 Å². The van der Waals surface area contributed by atoms with Gasteiger partial charge < -0.3 is 15.6 Å². The van der Waals surface area contributed by atoms with E-state index in [4.69, 9.17) is 5.73 Å². The predicted molar refractivity (Wildman–Crippen MR) is 116 cm³/mol. The number of anilines is 3. The van der Waals surface area contributed by atoms with Crippen LogP contribution in [0.25, 0.3) is 11.2 Å². The normalized spacial score (nSPS) is 16.9. The molecule has 0 fully saturated rings. The highest BCUT2D eigenvalue weighted by Crippen LogP contribution is 2.35. The number of hydrogen-bond acceptors (Lipinski definition) is 6. The summed E-state index contributed by atoms with van der Waals surface area (Å²) in [5.74, 6) is 0.294. The second-order valence-corrected chi connectivity index (χ2v) is 7.42. The molecule has 2 atom stereocenters. The molecule has 150 valence electrons. The molecule has 30 heavy (non-hydrogen) atoms. The predicted octanol–water partition coefficient (Wildman–Crippen LogP) is 3.38. The van der Waals surface area contributed by atoms with E-state index in [0.29, 0.717) is 22.5 Å². The molecular weight excluding hydrogens is 378 g/mol. The van der Waals surface area contributed by atoms with Gasteiger partial charge in [-0.3, -0.25) is 9.69 Å². The number of imidazole rings is 1. The topological polar surface area (TPSA) is 102 Å². The average Bonchev–Trinajstić information content (AvgIpc) is 3.19. The Kier molecular flexibility index (Phi) is 4.13. The van der Waals surface area contributed by atoms with Crippen molar-refractivity contribution < 1.29 is 4.79 Å². The Morgan fingerprint density at radius 3 is 2.67 bits per heavy atom. The molecule has 0 radical (unpaired) electrons. The van der Waals surface area contributed by atoms with Crippen LogP contribution >= 0.6 is 0 Å². The van der Waals surface area contributed by atoms with Crippen molar-refractivity contribution in [1.82, 2.24) is 19.5 Å². The van der Waals surface area contributed by atoms with Gasteiger partial charge in [-0.25, -0.2) is 15.0 Å². The van der Waals surface area contributed by atoms with E-state index in [1.165, 1.54) is 6.33 Å². The van der Waals surface area contributed by atoms with Crippen molar-refractivity contribution >= 4 is 34.3 Å². The van der Waals surface area contributed by atoms with Crippen LogP contribution in [-0.4, -0.2) is 31.6 Å². The molecule has 8 heteroatoms. The van der Waals surface area contributed by atoms with E-state index < -0.39 is 0 Å². The highest BCUT2D eigenvalue weighted by Gasteiger charge is 2.38. The number of aryl methyl sites for hydroxylation is 1. The van der Waals surface area contributed by atoms with Gasteiger partial charge in [0.1, 0.15) is 18.0 Å². The van der Waals surface area contributed by atoms with Crippen LogP contribution in [-0.2, 0) is 0 Å². The number of nitrogen functional groups attached to an aromatic ring is 1. The number of nitrogens with two attached hydrogens (primary N) is 1. The molecule has 3 heterocycles. The summed E-state index contributed by atoms with van der Waals surface area (Å²) in [6.07, 6.45) is 2.76. The number of benzene rings is 2. The lowest BCUT2D eigenvalue weighted by Gasteiger charge is -2.41. The maximum absolute atomic E-state index is 13.7. The van der Waals surface area contributed by atoms with E-state index in [0.717, 1.165) is 16.9 Å². The average molecular weight is 399 g/mol. The van der Waals surface area contributed by atoms with Crippen LogP contribution in [0.4, 0.5) is 17.2 Å². The zero-order chi connectivity index (χ0) is 20.8. The Bertz CT molecular complexity index is 1250. The van der Waals surface area contributed by atoms with Crippen LogP contribution in [0.1, 0.15) is 28.9 Å². The summed E-state index contributed by atoms with van der Waals surface area (Å²) in [4.78, 5) is 28.2. The molecule has 2 aromatic heterocycles. The summed E-state index contributed by atoms with van der Waals surface area (Å²) in [5.41, 5.74) is 10.4. The summed E-state index contributed by atoms with van der Waals surface area (Å²) in [5, 5.41) is 3.57. The van der Waals surface area contributed by atoms with E-state index in [9.17, 15) is 4.79 Å². The fourth-order valence-corrected chi connectivity index (χ4v) is 4.07. The number of carbonyl (C=O) groups excluding carboxylic acids is 1. The van der Waals surface area contributed by atoms with E-state index in [1.807, 2.05) is 66.9 Å². The number of carbonyl (C=O) groups is 1. The van der Waals surface area contributed by atoms with Crippen molar-refractivity contribution in [3.8, 4) is 0 Å². The lowest BCUT2D eigenvalue weighted by Crippen LogP contribution is -2.53. The van der Waals surface area contributed by atoms with Gasteiger partial charge in [0.25, 0.3) is 5.91 Å². The Labute approximate surface area is 173 Å². The zero-order valence-corrected chi connectivity index (χ0v) is 16.6. The van der Waals surface area contributed by atoms with E-state index >= 15 is 0 Å². The van der Waals surface area contributed by atoms with Crippen LogP contribution < -0.4 is 16.0 Å². The summed E-state index contributed by atoms with van der Waals surface area (Å²) in [6, 6.07) is 15.3. The maximum atomic E-state index is 13.7. The fourth-order valence-electron chi connectivity index (χ4n) is 4.07. The second-order valence-electron chi connectivity index (χ2n) is 7.42. The molecule has 8 nitrogen and oxygen atoms in total. The minimum absolute atomic E-state index is 0.0385. The molecule has 4 aromatic rings. The van der Waals surface area contributed by atoms with Crippen LogP contribution in [0.15, 0.2) is 61.2 Å². The molecule has 1 aliphatic rings. The molecule has 0 aliphatic carbocycles. The SMILES string of the molecule is Cc1cccc2c1C(=O)N(c1ccccc1)C(C(C)n1cnc3c(N)ncnc31)N2. The van der Waals surface area contributed by atoms with Gasteiger partial charge in [-0.15, -0.1) is 0 Å². The van der Waals surface area contributed by atoms with Gasteiger partial charge in [0.15, 0.2) is 11.5 Å². The molecule has 5 rings (SSSR count). The standard InChI is InChI=1S/C22H21N7O/c1-13-7-6-10-16-17(13)22(30)29(15-8-4-3-5-9-15)20(27-16)14(2)28-12-26-18-19(23)24-11-25-21(18)28/h3-12,14,20,27H,1-2H3,(H2,23,24,25). The molecule has 1 amide bonds. The summed E-state index contributed by atoms with van der Waals surface area (Å²) in [7, 11) is 0. The first-order valence-electron chi connectivity index (χ1n) is 9.74. The largest absolute Gasteiger partial charge is 0.382 e. The first kappa shape index (κ1) is 18.1. The number of fused-ring (bicyclic) bond motifs is 2. The maximum Gasteiger partial charge on any atom is 0.262 e. The number of hydrogen-bond donors (Lipinski definition) is 2. The fraction of sp³-hybridized carbons (Fsp3) is 0.182. The number of aromatic nitrogens is 4.